The molecular formula is C18H19NO3S. The Morgan fingerprint density at radius 1 is 1.17 bits per heavy atom. The molecule has 1 amide bonds. The first kappa shape index (κ1) is 15.9. The van der Waals surface area contributed by atoms with Crippen molar-refractivity contribution in [1.82, 2.24) is 5.32 Å². The van der Waals surface area contributed by atoms with Gasteiger partial charge >= 0.3 is 5.97 Å². The van der Waals surface area contributed by atoms with Crippen LogP contribution in [0, 0.1) is 5.92 Å². The maximum absolute atomic E-state index is 12.0. The summed E-state index contributed by atoms with van der Waals surface area (Å²) in [5.41, 5.74) is 0. The maximum atomic E-state index is 12.0. The summed E-state index contributed by atoms with van der Waals surface area (Å²) in [6.07, 6.45) is 2.69. The Bertz CT molecular complexity index is 727. The van der Waals surface area contributed by atoms with Crippen LogP contribution in [-0.2, 0) is 9.59 Å². The van der Waals surface area contributed by atoms with Crippen LogP contribution in [0.25, 0.3) is 10.8 Å². The average molecular weight is 329 g/mol. The highest BCUT2D eigenvalue weighted by Crippen LogP contribution is 2.33. The highest BCUT2D eigenvalue weighted by Gasteiger charge is 2.30. The van der Waals surface area contributed by atoms with Crippen molar-refractivity contribution in [2.24, 2.45) is 5.92 Å². The van der Waals surface area contributed by atoms with Crippen LogP contribution in [-0.4, -0.2) is 28.8 Å². The van der Waals surface area contributed by atoms with Crippen LogP contribution in [0.15, 0.2) is 47.4 Å². The molecule has 120 valence electrons. The normalized spacial score (nSPS) is 15.3. The molecule has 1 atom stereocenters. The molecule has 2 aromatic rings. The van der Waals surface area contributed by atoms with E-state index in [0.29, 0.717) is 12.3 Å². The van der Waals surface area contributed by atoms with Crippen molar-refractivity contribution in [3.63, 3.8) is 0 Å². The number of carbonyl (C=O) groups excluding carboxylic acids is 1. The number of fused-ring (bicyclic) bond motifs is 1. The van der Waals surface area contributed by atoms with E-state index in [1.54, 1.807) is 0 Å². The molecule has 0 aromatic heterocycles. The second kappa shape index (κ2) is 7.04. The van der Waals surface area contributed by atoms with Crippen LogP contribution in [0.1, 0.15) is 19.3 Å². The van der Waals surface area contributed by atoms with Gasteiger partial charge < -0.3 is 10.4 Å². The molecule has 23 heavy (non-hydrogen) atoms. The summed E-state index contributed by atoms with van der Waals surface area (Å²) >= 11 is 1.43. The van der Waals surface area contributed by atoms with E-state index in [9.17, 15) is 14.7 Å². The fourth-order valence-electron chi connectivity index (χ4n) is 2.55. The minimum atomic E-state index is -0.944. The minimum Gasteiger partial charge on any atom is -0.480 e. The zero-order valence-electron chi connectivity index (χ0n) is 12.7. The number of benzene rings is 2. The van der Waals surface area contributed by atoms with E-state index in [4.69, 9.17) is 0 Å². The van der Waals surface area contributed by atoms with E-state index in [-0.39, 0.29) is 11.7 Å². The molecule has 0 saturated heterocycles. The average Bonchev–Trinajstić information content (AvgIpc) is 3.36. The van der Waals surface area contributed by atoms with Gasteiger partial charge in [-0.15, -0.1) is 11.8 Å². The highest BCUT2D eigenvalue weighted by molar-refractivity contribution is 8.00. The van der Waals surface area contributed by atoms with Crippen molar-refractivity contribution >= 4 is 34.4 Å². The van der Waals surface area contributed by atoms with Crippen molar-refractivity contribution in [2.75, 3.05) is 5.75 Å². The van der Waals surface area contributed by atoms with Crippen LogP contribution in [0.2, 0.25) is 0 Å². The zero-order valence-corrected chi connectivity index (χ0v) is 13.5. The highest BCUT2D eigenvalue weighted by atomic mass is 32.2. The maximum Gasteiger partial charge on any atom is 0.326 e. The monoisotopic (exact) mass is 329 g/mol. The topological polar surface area (TPSA) is 66.4 Å². The van der Waals surface area contributed by atoms with Gasteiger partial charge in [0, 0.05) is 4.90 Å². The molecule has 1 unspecified atom stereocenters. The molecule has 2 aromatic carbocycles. The zero-order chi connectivity index (χ0) is 16.2. The lowest BCUT2D eigenvalue weighted by molar-refractivity contribution is -0.141. The lowest BCUT2D eigenvalue weighted by atomic mass is 10.1. The first-order valence-corrected chi connectivity index (χ1v) is 8.74. The number of carboxylic acids is 1. The smallest absolute Gasteiger partial charge is 0.326 e. The minimum absolute atomic E-state index is 0.226. The molecule has 1 saturated carbocycles. The quantitative estimate of drug-likeness (QED) is 0.765. The van der Waals surface area contributed by atoms with Crippen molar-refractivity contribution in [2.45, 2.75) is 30.2 Å². The third kappa shape index (κ3) is 4.48. The predicted octanol–water partition coefficient (Wildman–Crippen LogP) is 3.30. The van der Waals surface area contributed by atoms with Crippen LogP contribution in [0.5, 0.6) is 0 Å². The Labute approximate surface area is 139 Å². The molecular weight excluding hydrogens is 310 g/mol. The second-order valence-electron chi connectivity index (χ2n) is 5.94. The predicted molar refractivity (Wildman–Crippen MR) is 91.6 cm³/mol. The molecule has 2 N–H and O–H groups in total. The molecule has 0 aliphatic heterocycles. The van der Waals surface area contributed by atoms with Crippen molar-refractivity contribution in [1.29, 1.82) is 0 Å². The van der Waals surface area contributed by atoms with Crippen LogP contribution in [0.4, 0.5) is 0 Å². The van der Waals surface area contributed by atoms with Gasteiger partial charge in [0.25, 0.3) is 0 Å². The number of carboxylic acid groups (broad SMARTS) is 1. The molecule has 1 aliphatic carbocycles. The number of carbonyl (C=O) groups is 2. The van der Waals surface area contributed by atoms with Gasteiger partial charge in [-0.1, -0.05) is 43.2 Å². The number of hydrogen-bond donors (Lipinski definition) is 2. The van der Waals surface area contributed by atoms with Gasteiger partial charge in [0.1, 0.15) is 6.04 Å². The summed E-state index contributed by atoms with van der Waals surface area (Å²) in [6, 6.07) is 13.4. The van der Waals surface area contributed by atoms with Crippen molar-refractivity contribution < 1.29 is 14.7 Å². The Hall–Kier alpha value is -2.01. The molecule has 5 heteroatoms. The fraction of sp³-hybridized carbons (Fsp3) is 0.333. The van der Waals surface area contributed by atoms with Gasteiger partial charge in [0.05, 0.1) is 5.75 Å². The number of nitrogens with one attached hydrogen (secondary N) is 1. The van der Waals surface area contributed by atoms with Crippen LogP contribution in [0.3, 0.4) is 0 Å². The summed E-state index contributed by atoms with van der Waals surface area (Å²) in [7, 11) is 0. The number of rotatable bonds is 7. The van der Waals surface area contributed by atoms with E-state index < -0.39 is 12.0 Å². The van der Waals surface area contributed by atoms with Gasteiger partial charge in [-0.05, 0) is 35.2 Å². The molecule has 1 aliphatic rings. The Balaban J connectivity index is 1.55. The Kier molecular flexibility index (Phi) is 4.86. The van der Waals surface area contributed by atoms with E-state index in [1.165, 1.54) is 11.8 Å². The third-order valence-electron chi connectivity index (χ3n) is 3.99. The summed E-state index contributed by atoms with van der Waals surface area (Å²) in [6.45, 7) is 0. The SMILES string of the molecule is O=C(CSc1ccc2ccccc2c1)NC(CC1CC1)C(=O)O. The van der Waals surface area contributed by atoms with Gasteiger partial charge in [0.2, 0.25) is 5.91 Å². The van der Waals surface area contributed by atoms with Crippen LogP contribution < -0.4 is 5.32 Å². The van der Waals surface area contributed by atoms with Gasteiger partial charge in [0.15, 0.2) is 0 Å². The molecule has 1 fully saturated rings. The Morgan fingerprint density at radius 3 is 2.61 bits per heavy atom. The van der Waals surface area contributed by atoms with Gasteiger partial charge in [-0.2, -0.15) is 0 Å². The lowest BCUT2D eigenvalue weighted by Crippen LogP contribution is -2.41. The summed E-state index contributed by atoms with van der Waals surface area (Å²) in [5, 5.41) is 14.1. The van der Waals surface area contributed by atoms with Crippen molar-refractivity contribution in [3.05, 3.63) is 42.5 Å². The molecule has 4 nitrogen and oxygen atoms in total. The molecule has 3 rings (SSSR count). The van der Waals surface area contributed by atoms with Gasteiger partial charge in [-0.25, -0.2) is 4.79 Å². The number of thioether (sulfide) groups is 1. The fourth-order valence-corrected chi connectivity index (χ4v) is 3.31. The number of hydrogen-bond acceptors (Lipinski definition) is 3. The number of aliphatic carboxylic acids is 1. The first-order chi connectivity index (χ1) is 11.1. The summed E-state index contributed by atoms with van der Waals surface area (Å²) < 4.78 is 0. The second-order valence-corrected chi connectivity index (χ2v) is 6.98. The van der Waals surface area contributed by atoms with E-state index in [2.05, 4.69) is 5.32 Å². The molecule has 0 bridgehead atoms. The van der Waals surface area contributed by atoms with Gasteiger partial charge in [-0.3, -0.25) is 4.79 Å². The van der Waals surface area contributed by atoms with Crippen LogP contribution >= 0.6 is 11.8 Å². The number of amides is 1. The standard InChI is InChI=1S/C18H19NO3S/c20-17(19-16(18(21)22)9-12-5-6-12)11-23-15-8-7-13-3-1-2-4-14(13)10-15/h1-4,7-8,10,12,16H,5-6,9,11H2,(H,19,20)(H,21,22). The lowest BCUT2D eigenvalue weighted by Gasteiger charge is -2.14. The van der Waals surface area contributed by atoms with E-state index in [1.807, 2.05) is 42.5 Å². The first-order valence-electron chi connectivity index (χ1n) is 7.75. The van der Waals surface area contributed by atoms with E-state index >= 15 is 0 Å². The molecule has 0 radical (unpaired) electrons. The molecule has 0 spiro atoms. The summed E-state index contributed by atoms with van der Waals surface area (Å²) in [4.78, 5) is 24.2. The molecule has 0 heterocycles. The summed E-state index contributed by atoms with van der Waals surface area (Å²) in [5.74, 6) is -0.478. The third-order valence-corrected chi connectivity index (χ3v) is 4.98. The Morgan fingerprint density at radius 2 is 1.91 bits per heavy atom. The van der Waals surface area contributed by atoms with E-state index in [0.717, 1.165) is 28.5 Å². The largest absolute Gasteiger partial charge is 0.480 e. The van der Waals surface area contributed by atoms with Crippen molar-refractivity contribution in [3.8, 4) is 0 Å².